The van der Waals surface area contributed by atoms with Crippen LogP contribution in [0.5, 0.6) is 0 Å². The van der Waals surface area contributed by atoms with E-state index in [1.54, 1.807) is 24.3 Å². The smallest absolute Gasteiger partial charge is 0.335 e. The molecule has 10 heteroatoms. The molecule has 1 heterocycles. The minimum Gasteiger partial charge on any atom is -0.478 e. The predicted molar refractivity (Wildman–Crippen MR) is 128 cm³/mol. The number of rotatable bonds is 8. The van der Waals surface area contributed by atoms with Crippen LogP contribution >= 0.6 is 23.2 Å². The largest absolute Gasteiger partial charge is 0.478 e. The zero-order chi connectivity index (χ0) is 24.1. The van der Waals surface area contributed by atoms with E-state index in [9.17, 15) is 14.4 Å². The Kier molecular flexibility index (Phi) is 7.97. The van der Waals surface area contributed by atoms with Gasteiger partial charge in [-0.2, -0.15) is 0 Å². The molecule has 2 atom stereocenters. The highest BCUT2D eigenvalue weighted by atomic mass is 35.5. The third-order valence-corrected chi connectivity index (χ3v) is 5.78. The van der Waals surface area contributed by atoms with Crippen LogP contribution in [0.2, 0.25) is 10.0 Å². The Balaban J connectivity index is 1.89. The molecule has 2 aromatic rings. The summed E-state index contributed by atoms with van der Waals surface area (Å²) in [7, 11) is 1.50. The first-order valence-corrected chi connectivity index (χ1v) is 10.8. The first kappa shape index (κ1) is 24.6. The second kappa shape index (κ2) is 10.7. The number of nitrogens with two attached hydrogens (primary N) is 1. The summed E-state index contributed by atoms with van der Waals surface area (Å²) in [6.45, 7) is 0.231. The SMILES string of the molecule is COCCC(C(=O)NC1C=CC(C(=O)O)=CC1)n1cc(Cl)c(-c2cc(Cl)ccc2N)cc1=O. The zero-order valence-corrected chi connectivity index (χ0v) is 19.3. The number of carbonyl (C=O) groups is 2. The fourth-order valence-corrected chi connectivity index (χ4v) is 3.96. The number of carbonyl (C=O) groups excluding carboxylic acids is 1. The number of hydrogen-bond acceptors (Lipinski definition) is 5. The van der Waals surface area contributed by atoms with E-state index in [-0.39, 0.29) is 23.6 Å². The maximum Gasteiger partial charge on any atom is 0.335 e. The molecule has 1 aliphatic carbocycles. The highest BCUT2D eigenvalue weighted by Gasteiger charge is 2.25. The standard InChI is InChI=1S/C23H23Cl2N3O5/c1-33-9-8-20(22(30)27-15-5-2-13(3-6-15)23(31)32)28-12-18(25)16(11-21(28)29)17-10-14(24)4-7-19(17)26/h2-5,7,10-12,15,20H,6,8-9,26H2,1H3,(H,27,30)(H,31,32). The number of aliphatic carboxylic acids is 1. The van der Waals surface area contributed by atoms with E-state index >= 15 is 0 Å². The topological polar surface area (TPSA) is 124 Å². The maximum absolute atomic E-state index is 13.1. The van der Waals surface area contributed by atoms with Gasteiger partial charge in [-0.3, -0.25) is 9.59 Å². The maximum atomic E-state index is 13.1. The van der Waals surface area contributed by atoms with E-state index < -0.39 is 29.5 Å². The van der Waals surface area contributed by atoms with Crippen molar-refractivity contribution < 1.29 is 19.4 Å². The van der Waals surface area contributed by atoms with Gasteiger partial charge in [-0.25, -0.2) is 4.79 Å². The molecule has 0 aliphatic heterocycles. The van der Waals surface area contributed by atoms with Crippen LogP contribution in [-0.2, 0) is 14.3 Å². The number of benzene rings is 1. The van der Waals surface area contributed by atoms with Crippen molar-refractivity contribution in [2.45, 2.75) is 24.9 Å². The van der Waals surface area contributed by atoms with Gasteiger partial charge in [0.05, 0.1) is 16.6 Å². The Morgan fingerprint density at radius 3 is 2.70 bits per heavy atom. The van der Waals surface area contributed by atoms with Crippen LogP contribution < -0.4 is 16.6 Å². The molecule has 0 saturated heterocycles. The number of carboxylic acid groups (broad SMARTS) is 1. The fraction of sp³-hybridized carbons (Fsp3) is 0.261. The molecule has 0 radical (unpaired) electrons. The number of aromatic nitrogens is 1. The Labute approximate surface area is 200 Å². The summed E-state index contributed by atoms with van der Waals surface area (Å²) in [5.74, 6) is -1.45. The Hall–Kier alpha value is -3.07. The molecule has 1 aromatic carbocycles. The average molecular weight is 492 g/mol. The van der Waals surface area contributed by atoms with E-state index in [2.05, 4.69) is 5.32 Å². The van der Waals surface area contributed by atoms with Crippen molar-refractivity contribution in [2.24, 2.45) is 0 Å². The van der Waals surface area contributed by atoms with Gasteiger partial charge in [0.25, 0.3) is 5.56 Å². The summed E-state index contributed by atoms with van der Waals surface area (Å²) in [6, 6.07) is 4.90. The first-order chi connectivity index (χ1) is 15.7. The third kappa shape index (κ3) is 5.84. The number of nitrogens with one attached hydrogen (secondary N) is 1. The van der Waals surface area contributed by atoms with Crippen LogP contribution in [0.15, 0.2) is 59.1 Å². The van der Waals surface area contributed by atoms with Gasteiger partial charge < -0.3 is 25.5 Å². The molecule has 4 N–H and O–H groups in total. The summed E-state index contributed by atoms with van der Waals surface area (Å²) in [6.07, 6.45) is 6.53. The molecule has 0 spiro atoms. The van der Waals surface area contributed by atoms with Gasteiger partial charge in [0, 0.05) is 54.2 Å². The van der Waals surface area contributed by atoms with E-state index in [4.69, 9.17) is 38.8 Å². The monoisotopic (exact) mass is 491 g/mol. The molecule has 1 aromatic heterocycles. The Morgan fingerprint density at radius 1 is 1.30 bits per heavy atom. The predicted octanol–water partition coefficient (Wildman–Crippen LogP) is 3.44. The molecule has 0 fully saturated rings. The normalized spacial score (nSPS) is 16.2. The van der Waals surface area contributed by atoms with Crippen molar-refractivity contribution in [1.82, 2.24) is 9.88 Å². The lowest BCUT2D eigenvalue weighted by molar-refractivity contribution is -0.132. The summed E-state index contributed by atoms with van der Waals surface area (Å²) in [5, 5.41) is 12.6. The summed E-state index contributed by atoms with van der Waals surface area (Å²) in [5.41, 5.74) is 7.08. The number of anilines is 1. The van der Waals surface area contributed by atoms with Crippen LogP contribution in [-0.4, -0.2) is 41.3 Å². The van der Waals surface area contributed by atoms with Crippen LogP contribution in [0.1, 0.15) is 18.9 Å². The second-order valence-electron chi connectivity index (χ2n) is 7.48. The molecule has 2 unspecified atom stereocenters. The molecular formula is C23H23Cl2N3O5. The van der Waals surface area contributed by atoms with Crippen molar-refractivity contribution in [3.05, 3.63) is 74.7 Å². The third-order valence-electron chi connectivity index (χ3n) is 5.25. The molecule has 8 nitrogen and oxygen atoms in total. The van der Waals surface area contributed by atoms with Gasteiger partial charge in [0.2, 0.25) is 5.91 Å². The molecule has 1 aliphatic rings. The van der Waals surface area contributed by atoms with E-state index in [0.717, 1.165) is 0 Å². The summed E-state index contributed by atoms with van der Waals surface area (Å²) >= 11 is 12.6. The lowest BCUT2D eigenvalue weighted by Gasteiger charge is -2.24. The van der Waals surface area contributed by atoms with Crippen molar-refractivity contribution in [3.63, 3.8) is 0 Å². The molecule has 3 rings (SSSR count). The van der Waals surface area contributed by atoms with Crippen LogP contribution in [0.3, 0.4) is 0 Å². The zero-order valence-electron chi connectivity index (χ0n) is 17.8. The number of methoxy groups -OCH3 is 1. The van der Waals surface area contributed by atoms with E-state index in [0.29, 0.717) is 28.3 Å². The van der Waals surface area contributed by atoms with Crippen LogP contribution in [0.4, 0.5) is 5.69 Å². The van der Waals surface area contributed by atoms with Crippen molar-refractivity contribution in [1.29, 1.82) is 0 Å². The number of hydrogen-bond donors (Lipinski definition) is 3. The number of nitrogen functional groups attached to an aromatic ring is 1. The molecule has 0 bridgehead atoms. The number of carboxylic acids is 1. The number of nitrogens with zero attached hydrogens (tertiary/aromatic N) is 1. The summed E-state index contributed by atoms with van der Waals surface area (Å²) in [4.78, 5) is 37.1. The van der Waals surface area contributed by atoms with Gasteiger partial charge in [0.15, 0.2) is 0 Å². The molecule has 1 amide bonds. The molecular weight excluding hydrogens is 469 g/mol. The van der Waals surface area contributed by atoms with E-state index in [1.807, 2.05) is 0 Å². The minimum atomic E-state index is -1.03. The molecule has 33 heavy (non-hydrogen) atoms. The van der Waals surface area contributed by atoms with Crippen LogP contribution in [0.25, 0.3) is 11.1 Å². The van der Waals surface area contributed by atoms with Crippen molar-refractivity contribution in [2.75, 3.05) is 19.5 Å². The second-order valence-corrected chi connectivity index (χ2v) is 8.33. The molecule has 174 valence electrons. The van der Waals surface area contributed by atoms with Crippen molar-refractivity contribution >= 4 is 40.8 Å². The number of pyridine rings is 1. The van der Waals surface area contributed by atoms with Crippen molar-refractivity contribution in [3.8, 4) is 11.1 Å². The Bertz CT molecular complexity index is 1190. The number of amides is 1. The van der Waals surface area contributed by atoms with Crippen LogP contribution in [0, 0.1) is 0 Å². The number of halogens is 2. The summed E-state index contributed by atoms with van der Waals surface area (Å²) < 4.78 is 6.37. The highest BCUT2D eigenvalue weighted by molar-refractivity contribution is 6.34. The highest BCUT2D eigenvalue weighted by Crippen LogP contribution is 2.33. The minimum absolute atomic E-state index is 0.162. The van der Waals surface area contributed by atoms with Gasteiger partial charge in [-0.05, 0) is 30.7 Å². The first-order valence-electron chi connectivity index (χ1n) is 10.1. The van der Waals surface area contributed by atoms with Gasteiger partial charge in [-0.15, -0.1) is 0 Å². The fourth-order valence-electron chi connectivity index (χ4n) is 3.52. The lowest BCUT2D eigenvalue weighted by atomic mass is 10.0. The Morgan fingerprint density at radius 2 is 2.06 bits per heavy atom. The lowest BCUT2D eigenvalue weighted by Crippen LogP contribution is -2.42. The van der Waals surface area contributed by atoms with Gasteiger partial charge in [0.1, 0.15) is 6.04 Å². The van der Waals surface area contributed by atoms with E-state index in [1.165, 1.54) is 36.1 Å². The quantitative estimate of drug-likeness (QED) is 0.485. The molecule has 0 saturated carbocycles. The van der Waals surface area contributed by atoms with Gasteiger partial charge >= 0.3 is 5.97 Å². The van der Waals surface area contributed by atoms with Gasteiger partial charge in [-0.1, -0.05) is 35.4 Å². The number of ether oxygens (including phenoxy) is 1. The average Bonchev–Trinajstić information content (AvgIpc) is 2.78.